The third kappa shape index (κ3) is 4.67. The summed E-state index contributed by atoms with van der Waals surface area (Å²) in [5.74, 6) is -19.2. The van der Waals surface area contributed by atoms with E-state index in [2.05, 4.69) is 0 Å². The minimum absolute atomic E-state index is 0.653. The molecule has 0 saturated heterocycles. The third-order valence-corrected chi connectivity index (χ3v) is 10.2. The molecule has 0 heterocycles. The van der Waals surface area contributed by atoms with E-state index in [9.17, 15) is 39.5 Å². The van der Waals surface area contributed by atoms with Gasteiger partial charge in [-0.05, 0) is 36.4 Å². The van der Waals surface area contributed by atoms with E-state index >= 15 is 0 Å². The standard InChI is InChI=1S/C25H22F9NP/c1-35(18-17-22(26,27)23(28,29)24(30,31)25(32,33)34)36(19-11-5-2-6-12-19,20-13-7-3-8-14-20)21-15-9-4-10-16-21/h2-16H,17-18H2,1H3/q+1. The Kier molecular flexibility index (Phi) is 7.70. The summed E-state index contributed by atoms with van der Waals surface area (Å²) in [4.78, 5) is 0. The van der Waals surface area contributed by atoms with E-state index in [-0.39, 0.29) is 0 Å². The van der Waals surface area contributed by atoms with Crippen LogP contribution in [0.15, 0.2) is 91.0 Å². The quantitative estimate of drug-likeness (QED) is 0.223. The second-order valence-corrected chi connectivity index (χ2v) is 11.6. The molecule has 0 aliphatic carbocycles. The smallest absolute Gasteiger partial charge is 0.251 e. The van der Waals surface area contributed by atoms with Gasteiger partial charge in [0.1, 0.15) is 13.6 Å². The summed E-state index contributed by atoms with van der Waals surface area (Å²) in [5.41, 5.74) is 0. The molecule has 0 fully saturated rings. The molecule has 0 bridgehead atoms. The van der Waals surface area contributed by atoms with Crippen LogP contribution in [0.25, 0.3) is 0 Å². The van der Waals surface area contributed by atoms with Crippen molar-refractivity contribution in [1.82, 2.24) is 0 Å². The van der Waals surface area contributed by atoms with E-state index in [1.807, 2.05) is 0 Å². The fourth-order valence-corrected chi connectivity index (χ4v) is 8.27. The predicted octanol–water partition coefficient (Wildman–Crippen LogP) is 6.66. The van der Waals surface area contributed by atoms with Gasteiger partial charge in [0.15, 0.2) is 7.05 Å². The second-order valence-electron chi connectivity index (χ2n) is 8.12. The van der Waals surface area contributed by atoms with E-state index < -0.39 is 44.0 Å². The van der Waals surface area contributed by atoms with Gasteiger partial charge < -0.3 is 0 Å². The fourth-order valence-electron chi connectivity index (χ4n) is 3.99. The summed E-state index contributed by atoms with van der Waals surface area (Å²) >= 11 is 0. The zero-order valence-corrected chi connectivity index (χ0v) is 19.8. The van der Waals surface area contributed by atoms with Crippen LogP contribution in [0.1, 0.15) is 6.42 Å². The first-order valence-electron chi connectivity index (χ1n) is 10.7. The molecule has 11 heteroatoms. The Labute approximate surface area is 202 Å². The van der Waals surface area contributed by atoms with Crippen LogP contribution < -0.4 is 15.9 Å². The highest BCUT2D eigenvalue weighted by molar-refractivity contribution is 7.85. The first-order valence-corrected chi connectivity index (χ1v) is 12.4. The van der Waals surface area contributed by atoms with Crippen LogP contribution in [-0.2, 0) is 0 Å². The lowest BCUT2D eigenvalue weighted by Gasteiger charge is -2.33. The summed E-state index contributed by atoms with van der Waals surface area (Å²) in [7, 11) is -1.64. The molecule has 194 valence electrons. The van der Waals surface area contributed by atoms with Gasteiger partial charge in [-0.15, -0.1) is 0 Å². The van der Waals surface area contributed by atoms with E-state index in [0.717, 1.165) is 0 Å². The Morgan fingerprint density at radius 1 is 0.556 bits per heavy atom. The second kappa shape index (κ2) is 9.96. The zero-order valence-electron chi connectivity index (χ0n) is 18.9. The summed E-state index contributed by atoms with van der Waals surface area (Å²) in [6, 6.07) is 25.8. The molecular weight excluding hydrogens is 516 g/mol. The number of alkyl halides is 9. The van der Waals surface area contributed by atoms with Crippen molar-refractivity contribution in [1.29, 1.82) is 0 Å². The van der Waals surface area contributed by atoms with Gasteiger partial charge in [-0.2, -0.15) is 39.5 Å². The maximum Gasteiger partial charge on any atom is 0.460 e. The molecule has 0 amide bonds. The van der Waals surface area contributed by atoms with Gasteiger partial charge >= 0.3 is 23.9 Å². The van der Waals surface area contributed by atoms with E-state index in [4.69, 9.17) is 0 Å². The van der Waals surface area contributed by atoms with E-state index in [0.29, 0.717) is 15.9 Å². The summed E-state index contributed by atoms with van der Waals surface area (Å²) in [5, 5.41) is 1.96. The van der Waals surface area contributed by atoms with Crippen molar-refractivity contribution in [3.05, 3.63) is 91.0 Å². The highest BCUT2D eigenvalue weighted by Gasteiger charge is 2.81. The third-order valence-electron chi connectivity index (χ3n) is 5.86. The first-order chi connectivity index (χ1) is 16.7. The molecule has 0 N–H and O–H groups in total. The highest BCUT2D eigenvalue weighted by Crippen LogP contribution is 2.54. The van der Waals surface area contributed by atoms with Crippen molar-refractivity contribution in [3.8, 4) is 0 Å². The number of nitrogens with zero attached hydrogens (tertiary/aromatic N) is 1. The molecule has 0 aliphatic heterocycles. The summed E-state index contributed by atoms with van der Waals surface area (Å²) < 4.78 is 123. The molecule has 0 spiro atoms. The number of hydrogen-bond donors (Lipinski definition) is 0. The Morgan fingerprint density at radius 3 is 1.19 bits per heavy atom. The van der Waals surface area contributed by atoms with Crippen LogP contribution in [0.4, 0.5) is 39.5 Å². The number of hydrogen-bond acceptors (Lipinski definition) is 0. The van der Waals surface area contributed by atoms with Gasteiger partial charge in [0.25, 0.3) is 0 Å². The van der Waals surface area contributed by atoms with Crippen LogP contribution in [0.5, 0.6) is 0 Å². The van der Waals surface area contributed by atoms with Crippen LogP contribution >= 0.6 is 7.05 Å². The minimum atomic E-state index is -6.91. The topological polar surface area (TPSA) is 3.01 Å². The van der Waals surface area contributed by atoms with Crippen molar-refractivity contribution in [2.24, 2.45) is 0 Å². The molecule has 1 nitrogen and oxygen atoms in total. The monoisotopic (exact) mass is 538 g/mol. The van der Waals surface area contributed by atoms with Crippen molar-refractivity contribution in [2.45, 2.75) is 30.4 Å². The maximum atomic E-state index is 14.4. The van der Waals surface area contributed by atoms with Crippen LogP contribution in [0.2, 0.25) is 0 Å². The van der Waals surface area contributed by atoms with Crippen LogP contribution in [0, 0.1) is 0 Å². The summed E-state index contributed by atoms with van der Waals surface area (Å²) in [6.45, 7) is -0.900. The number of benzene rings is 3. The fraction of sp³-hybridized carbons (Fsp3) is 0.280. The average Bonchev–Trinajstić information content (AvgIpc) is 2.84. The SMILES string of the molecule is C[N+](CCC(F)(F)C(F)(F)C(F)(F)C(F)(F)F)=P(c1ccccc1)(c1ccccc1)c1ccccc1. The summed E-state index contributed by atoms with van der Waals surface area (Å²) in [6.07, 6.45) is -8.78. The molecule has 0 saturated carbocycles. The lowest BCUT2D eigenvalue weighted by molar-refractivity contribution is -0.486. The molecule has 0 aromatic heterocycles. The van der Waals surface area contributed by atoms with Crippen molar-refractivity contribution in [2.75, 3.05) is 13.6 Å². The van der Waals surface area contributed by atoms with Gasteiger partial charge in [0, 0.05) is 15.9 Å². The Balaban J connectivity index is 2.22. The lowest BCUT2D eigenvalue weighted by atomic mass is 10.0. The van der Waals surface area contributed by atoms with E-state index in [1.54, 1.807) is 91.0 Å². The van der Waals surface area contributed by atoms with Crippen molar-refractivity contribution in [3.63, 3.8) is 0 Å². The molecular formula is C25H22F9NP+. The normalized spacial score (nSPS) is 13.5. The van der Waals surface area contributed by atoms with Gasteiger partial charge in [0.2, 0.25) is 0 Å². The molecule has 0 atom stereocenters. The van der Waals surface area contributed by atoms with Crippen molar-refractivity contribution >= 4 is 23.0 Å². The molecule has 3 rings (SSSR count). The van der Waals surface area contributed by atoms with Gasteiger partial charge in [0.05, 0.1) is 6.42 Å². The molecule has 0 unspecified atom stereocenters. The van der Waals surface area contributed by atoms with Crippen LogP contribution in [0.3, 0.4) is 0 Å². The maximum absolute atomic E-state index is 14.4. The molecule has 3 aromatic rings. The molecule has 3 aromatic carbocycles. The van der Waals surface area contributed by atoms with Crippen LogP contribution in [-0.4, -0.2) is 41.9 Å². The Morgan fingerprint density at radius 2 is 0.889 bits per heavy atom. The van der Waals surface area contributed by atoms with E-state index in [1.165, 1.54) is 11.4 Å². The highest BCUT2D eigenvalue weighted by atomic mass is 31.2. The predicted molar refractivity (Wildman–Crippen MR) is 122 cm³/mol. The molecule has 0 radical (unpaired) electrons. The van der Waals surface area contributed by atoms with Gasteiger partial charge in [-0.3, -0.25) is 4.33 Å². The molecule has 0 aliphatic rings. The average molecular weight is 538 g/mol. The van der Waals surface area contributed by atoms with Gasteiger partial charge in [-0.1, -0.05) is 54.6 Å². The van der Waals surface area contributed by atoms with Crippen molar-refractivity contribution < 1.29 is 43.8 Å². The first kappa shape index (κ1) is 27.8. The Bertz CT molecular complexity index is 1110. The Hall–Kier alpha value is -2.74. The lowest BCUT2D eigenvalue weighted by Crippen LogP contribution is -2.61. The molecule has 36 heavy (non-hydrogen) atoms. The number of halogens is 9. The number of rotatable bonds is 8. The zero-order chi connectivity index (χ0) is 26.8. The minimum Gasteiger partial charge on any atom is -0.251 e. The van der Waals surface area contributed by atoms with Gasteiger partial charge in [-0.25, -0.2) is 0 Å². The largest absolute Gasteiger partial charge is 0.460 e.